The van der Waals surface area contributed by atoms with Crippen molar-refractivity contribution in [3.8, 4) is 0 Å². The fraction of sp³-hybridized carbons (Fsp3) is 0.367. The quantitative estimate of drug-likeness (QED) is 0.352. The smallest absolute Gasteiger partial charge is 0.150 e. The molecule has 1 fully saturated rings. The summed E-state index contributed by atoms with van der Waals surface area (Å²) in [5.41, 5.74) is 10.9. The Morgan fingerprint density at radius 1 is 0.917 bits per heavy atom. The van der Waals surface area contributed by atoms with Crippen LogP contribution in [-0.4, -0.2) is 67.3 Å². The van der Waals surface area contributed by atoms with Gasteiger partial charge in [-0.05, 0) is 61.1 Å². The van der Waals surface area contributed by atoms with Crippen LogP contribution >= 0.6 is 0 Å². The van der Waals surface area contributed by atoms with Crippen molar-refractivity contribution in [2.75, 3.05) is 52.0 Å². The van der Waals surface area contributed by atoms with Crippen molar-refractivity contribution in [2.24, 2.45) is 0 Å². The molecule has 3 aromatic carbocycles. The fourth-order valence-electron chi connectivity index (χ4n) is 4.35. The van der Waals surface area contributed by atoms with E-state index in [0.29, 0.717) is 5.56 Å². The molecule has 1 heterocycles. The second-order valence-electron chi connectivity index (χ2n) is 9.28. The van der Waals surface area contributed by atoms with Gasteiger partial charge in [0.2, 0.25) is 0 Å². The molecule has 6 heteroatoms. The molecule has 0 bridgehead atoms. The number of carbonyl (C=O) groups excluding carboxylic acids is 1. The summed E-state index contributed by atoms with van der Waals surface area (Å²) in [5.74, 6) is -0.200. The van der Waals surface area contributed by atoms with Crippen LogP contribution in [0.2, 0.25) is 0 Å². The van der Waals surface area contributed by atoms with Crippen LogP contribution in [0.15, 0.2) is 72.8 Å². The molecule has 3 aromatic rings. The van der Waals surface area contributed by atoms with E-state index in [9.17, 15) is 9.18 Å². The molecule has 1 unspecified atom stereocenters. The van der Waals surface area contributed by atoms with E-state index in [0.717, 1.165) is 74.5 Å². The first-order valence-corrected chi connectivity index (χ1v) is 12.7. The van der Waals surface area contributed by atoms with Crippen LogP contribution in [0.1, 0.15) is 46.9 Å². The minimum absolute atomic E-state index is 0.0853. The van der Waals surface area contributed by atoms with Crippen molar-refractivity contribution >= 4 is 12.0 Å². The molecule has 5 nitrogen and oxygen atoms in total. The summed E-state index contributed by atoms with van der Waals surface area (Å²) in [7, 11) is 2.11. The first-order chi connectivity index (χ1) is 17.4. The molecule has 36 heavy (non-hydrogen) atoms. The third-order valence-electron chi connectivity index (χ3n) is 6.79. The highest BCUT2D eigenvalue weighted by Gasteiger charge is 2.26. The number of anilines is 1. The first kappa shape index (κ1) is 27.5. The molecule has 1 aliphatic heterocycles. The van der Waals surface area contributed by atoms with Gasteiger partial charge in [-0.1, -0.05) is 62.4 Å². The average Bonchev–Trinajstić information content (AvgIpc) is 2.91. The van der Waals surface area contributed by atoms with E-state index in [1.807, 2.05) is 54.6 Å². The highest BCUT2D eigenvalue weighted by molar-refractivity contribution is 5.74. The van der Waals surface area contributed by atoms with Crippen LogP contribution in [0, 0.1) is 5.82 Å². The van der Waals surface area contributed by atoms with Crippen LogP contribution in [0.4, 0.5) is 10.1 Å². The number of carbonyl (C=O) groups is 1. The zero-order valence-corrected chi connectivity index (χ0v) is 21.7. The lowest BCUT2D eigenvalue weighted by Crippen LogP contribution is -2.47. The summed E-state index contributed by atoms with van der Waals surface area (Å²) in [4.78, 5) is 18.2. The molecule has 1 aliphatic rings. The third-order valence-corrected chi connectivity index (χ3v) is 6.79. The van der Waals surface area contributed by atoms with Gasteiger partial charge in [0.05, 0.1) is 6.04 Å². The van der Waals surface area contributed by atoms with Crippen LogP contribution in [0.3, 0.4) is 0 Å². The van der Waals surface area contributed by atoms with E-state index in [1.165, 1.54) is 12.1 Å². The van der Waals surface area contributed by atoms with Crippen LogP contribution in [0.25, 0.3) is 0 Å². The maximum atomic E-state index is 13.2. The van der Waals surface area contributed by atoms with Crippen molar-refractivity contribution in [3.63, 3.8) is 0 Å². The molecule has 0 saturated carbocycles. The number of piperazine rings is 1. The van der Waals surface area contributed by atoms with Gasteiger partial charge in [-0.15, -0.1) is 0 Å². The molecule has 0 aliphatic carbocycles. The molecular formula is C30H39FN4O. The summed E-state index contributed by atoms with van der Waals surface area (Å²) in [6.45, 7) is 11.2. The lowest BCUT2D eigenvalue weighted by Gasteiger charge is -2.40. The van der Waals surface area contributed by atoms with Crippen molar-refractivity contribution in [1.29, 1.82) is 0 Å². The van der Waals surface area contributed by atoms with Crippen LogP contribution in [0.5, 0.6) is 0 Å². The number of rotatable bonds is 8. The Morgan fingerprint density at radius 2 is 1.56 bits per heavy atom. The average molecular weight is 491 g/mol. The van der Waals surface area contributed by atoms with Gasteiger partial charge >= 0.3 is 0 Å². The Labute approximate surface area is 215 Å². The monoisotopic (exact) mass is 490 g/mol. The van der Waals surface area contributed by atoms with E-state index in [-0.39, 0.29) is 11.9 Å². The van der Waals surface area contributed by atoms with Gasteiger partial charge in [0.25, 0.3) is 0 Å². The molecule has 0 spiro atoms. The number of nitrogens with two attached hydrogens (primary N) is 1. The number of halogens is 1. The normalized spacial score (nSPS) is 15.2. The fourth-order valence-corrected chi connectivity index (χ4v) is 4.35. The maximum Gasteiger partial charge on any atom is 0.150 e. The predicted octanol–water partition coefficient (Wildman–Crippen LogP) is 5.09. The Hall–Kier alpha value is -3.06. The molecule has 192 valence electrons. The highest BCUT2D eigenvalue weighted by atomic mass is 19.1. The summed E-state index contributed by atoms with van der Waals surface area (Å²) in [6, 6.07) is 22.7. The van der Waals surface area contributed by atoms with Gasteiger partial charge in [0, 0.05) is 44.0 Å². The molecule has 1 saturated heterocycles. The largest absolute Gasteiger partial charge is 0.399 e. The topological polar surface area (TPSA) is 52.8 Å². The number of benzene rings is 3. The highest BCUT2D eigenvalue weighted by Crippen LogP contribution is 2.31. The standard InChI is InChI=1S/C25H26FN3O.C5H13N/c26-23-10-6-19(7-11-23)17-28-12-14-29(15-13-28)25(22-2-1-3-24(27)16-22)21-8-4-20(18-30)5-9-21;1-4-6(3)5-2/h1-11,16,18,25H,12-15,17,27H2;4-5H2,1-3H3. The number of aldehydes is 1. The van der Waals surface area contributed by atoms with Gasteiger partial charge < -0.3 is 10.6 Å². The Bertz CT molecular complexity index is 1060. The lowest BCUT2D eigenvalue weighted by molar-refractivity contribution is 0.105. The molecular weight excluding hydrogens is 451 g/mol. The van der Waals surface area contributed by atoms with E-state index in [1.54, 1.807) is 0 Å². The summed E-state index contributed by atoms with van der Waals surface area (Å²) < 4.78 is 13.2. The van der Waals surface area contributed by atoms with Crippen LogP contribution in [-0.2, 0) is 6.54 Å². The van der Waals surface area contributed by atoms with Gasteiger partial charge in [0.15, 0.2) is 0 Å². The molecule has 2 N–H and O–H groups in total. The van der Waals surface area contributed by atoms with Gasteiger partial charge in [-0.3, -0.25) is 14.6 Å². The zero-order valence-electron chi connectivity index (χ0n) is 21.7. The molecule has 0 amide bonds. The Morgan fingerprint density at radius 3 is 2.08 bits per heavy atom. The Balaban J connectivity index is 0.000000538. The second-order valence-corrected chi connectivity index (χ2v) is 9.28. The van der Waals surface area contributed by atoms with E-state index in [2.05, 4.69) is 41.7 Å². The zero-order chi connectivity index (χ0) is 25.9. The minimum atomic E-state index is -0.200. The second kappa shape index (κ2) is 13.9. The van der Waals surface area contributed by atoms with E-state index < -0.39 is 0 Å². The van der Waals surface area contributed by atoms with Crippen molar-refractivity contribution in [3.05, 3.63) is 101 Å². The summed E-state index contributed by atoms with van der Waals surface area (Å²) >= 11 is 0. The van der Waals surface area contributed by atoms with Crippen molar-refractivity contribution in [2.45, 2.75) is 26.4 Å². The minimum Gasteiger partial charge on any atom is -0.399 e. The molecule has 1 atom stereocenters. The van der Waals surface area contributed by atoms with Crippen molar-refractivity contribution in [1.82, 2.24) is 14.7 Å². The SMILES string of the molecule is CCN(C)CC.Nc1cccc(C(c2ccc(C=O)cc2)N2CCN(Cc3ccc(F)cc3)CC2)c1. The van der Waals surface area contributed by atoms with E-state index in [4.69, 9.17) is 5.73 Å². The van der Waals surface area contributed by atoms with Crippen molar-refractivity contribution < 1.29 is 9.18 Å². The number of hydrogen-bond donors (Lipinski definition) is 1. The van der Waals surface area contributed by atoms with Crippen LogP contribution < -0.4 is 5.73 Å². The van der Waals surface area contributed by atoms with Gasteiger partial charge in [-0.25, -0.2) is 4.39 Å². The first-order valence-electron chi connectivity index (χ1n) is 12.7. The molecule has 0 radical (unpaired) electrons. The molecule has 0 aromatic heterocycles. The number of hydrogen-bond acceptors (Lipinski definition) is 5. The number of nitrogens with zero attached hydrogens (tertiary/aromatic N) is 3. The maximum absolute atomic E-state index is 13.2. The predicted molar refractivity (Wildman–Crippen MR) is 147 cm³/mol. The molecule has 4 rings (SSSR count). The van der Waals surface area contributed by atoms with E-state index >= 15 is 0 Å². The number of nitrogen functional groups attached to an aromatic ring is 1. The lowest BCUT2D eigenvalue weighted by atomic mass is 9.95. The third kappa shape index (κ3) is 7.98. The summed E-state index contributed by atoms with van der Waals surface area (Å²) in [5, 5.41) is 0. The summed E-state index contributed by atoms with van der Waals surface area (Å²) in [6.07, 6.45) is 0.869. The van der Waals surface area contributed by atoms with Gasteiger partial charge in [0.1, 0.15) is 12.1 Å². The van der Waals surface area contributed by atoms with Gasteiger partial charge in [-0.2, -0.15) is 0 Å². The Kier molecular flexibility index (Phi) is 10.6.